The summed E-state index contributed by atoms with van der Waals surface area (Å²) in [5, 5.41) is 36.6. The molecule has 1 saturated heterocycles. The lowest BCUT2D eigenvalue weighted by molar-refractivity contribution is -0.329. The number of benzene rings is 2. The van der Waals surface area contributed by atoms with E-state index in [0.717, 1.165) is 0 Å². The van der Waals surface area contributed by atoms with Crippen LogP contribution in [0.15, 0.2) is 72.1 Å². The molecule has 8 atom stereocenters. The van der Waals surface area contributed by atoms with Crippen molar-refractivity contribution in [3.05, 3.63) is 88.2 Å². The number of phenols is 1. The van der Waals surface area contributed by atoms with Crippen molar-refractivity contribution in [1.29, 1.82) is 0 Å². The number of aliphatic hydroxyl groups is 2. The number of rotatable bonds is 6. The van der Waals surface area contributed by atoms with Crippen molar-refractivity contribution < 1.29 is 62.9 Å². The summed E-state index contributed by atoms with van der Waals surface area (Å²) < 4.78 is 41.9. The Labute approximate surface area is 350 Å². The molecule has 6 aliphatic rings. The zero-order valence-corrected chi connectivity index (χ0v) is 33.9. The number of nitrogens with one attached hydrogen (secondary N) is 1. The molecule has 1 fully saturated rings. The first-order valence-electron chi connectivity index (χ1n) is 18.6. The molecule has 8 rings (SSSR count). The normalized spacial score (nSPS) is 29.9. The largest absolute Gasteiger partial charge is 0.504 e. The topological polar surface area (TPSA) is 218 Å². The SMILES string of the molecule is C=C1Oc2cc(OC)cc(C(=O)O[C@H]3COC(=O)C[C@H](N)c4cc(O)c(c(Cl)c4)O[C@@H]4C#C/C=C/3C#CC3=CC=C[C@@]34O[C@@H]3OC(C)(C)[C@@H](N(C)C)C(O)C3O)c2NC1=O. The van der Waals surface area contributed by atoms with Crippen LogP contribution >= 0.6 is 11.6 Å². The summed E-state index contributed by atoms with van der Waals surface area (Å²) in [5.41, 5.74) is 3.86. The minimum atomic E-state index is -1.80. The number of hydrogen-bond donors (Lipinski definition) is 5. The van der Waals surface area contributed by atoms with Crippen molar-refractivity contribution >= 4 is 35.1 Å². The third-order valence-corrected chi connectivity index (χ3v) is 10.8. The number of anilines is 1. The number of aromatic hydroxyl groups is 1. The number of fused-ring (bicyclic) bond motifs is 9. The van der Waals surface area contributed by atoms with Crippen LogP contribution in [0.3, 0.4) is 0 Å². The molecule has 0 spiro atoms. The highest BCUT2D eigenvalue weighted by Crippen LogP contribution is 2.44. The lowest BCUT2D eigenvalue weighted by atomic mass is 9.85. The van der Waals surface area contributed by atoms with Gasteiger partial charge in [0.25, 0.3) is 5.91 Å². The van der Waals surface area contributed by atoms with Gasteiger partial charge in [-0.25, -0.2) is 4.79 Å². The summed E-state index contributed by atoms with van der Waals surface area (Å²) >= 11 is 6.70. The number of nitrogens with two attached hydrogens (primary N) is 1. The van der Waals surface area contributed by atoms with Crippen LogP contribution in [0.1, 0.15) is 42.2 Å². The van der Waals surface area contributed by atoms with Crippen molar-refractivity contribution in [2.75, 3.05) is 33.1 Å². The Morgan fingerprint density at radius 3 is 2.62 bits per heavy atom. The molecule has 17 heteroatoms. The summed E-state index contributed by atoms with van der Waals surface area (Å²) in [4.78, 5) is 41.6. The molecule has 60 heavy (non-hydrogen) atoms. The lowest BCUT2D eigenvalue weighted by Gasteiger charge is -2.51. The third-order valence-electron chi connectivity index (χ3n) is 10.5. The molecule has 16 nitrogen and oxygen atoms in total. The van der Waals surface area contributed by atoms with E-state index in [1.165, 1.54) is 37.5 Å². The fourth-order valence-corrected chi connectivity index (χ4v) is 7.88. The zero-order chi connectivity index (χ0) is 43.3. The Kier molecular flexibility index (Phi) is 11.5. The Bertz CT molecular complexity index is 2360. The monoisotopic (exact) mass is 843 g/mol. The summed E-state index contributed by atoms with van der Waals surface area (Å²) in [6, 6.07) is 3.83. The van der Waals surface area contributed by atoms with Crippen molar-refractivity contribution in [3.63, 3.8) is 0 Å². The van der Waals surface area contributed by atoms with Gasteiger partial charge in [0.1, 0.15) is 24.6 Å². The number of carbonyl (C=O) groups is 3. The van der Waals surface area contributed by atoms with Gasteiger partial charge < -0.3 is 64.4 Å². The van der Waals surface area contributed by atoms with E-state index in [0.29, 0.717) is 0 Å². The van der Waals surface area contributed by atoms with Crippen LogP contribution in [0.5, 0.6) is 23.0 Å². The predicted octanol–water partition coefficient (Wildman–Crippen LogP) is 2.80. The summed E-state index contributed by atoms with van der Waals surface area (Å²) in [6.07, 6.45) is -1.46. The first kappa shape index (κ1) is 42.3. The number of hydrogen-bond acceptors (Lipinski definition) is 15. The Balaban J connectivity index is 1.34. The van der Waals surface area contributed by atoms with Crippen LogP contribution in [0.4, 0.5) is 5.69 Å². The molecule has 0 aromatic heterocycles. The van der Waals surface area contributed by atoms with Crippen LogP contribution in [0.2, 0.25) is 5.02 Å². The van der Waals surface area contributed by atoms with E-state index in [2.05, 4.69) is 35.6 Å². The first-order chi connectivity index (χ1) is 28.4. The van der Waals surface area contributed by atoms with Gasteiger partial charge in [-0.2, -0.15) is 0 Å². The smallest absolute Gasteiger partial charge is 0.341 e. The summed E-state index contributed by atoms with van der Waals surface area (Å²) in [6.45, 7) is 6.50. The highest BCUT2D eigenvalue weighted by atomic mass is 35.5. The van der Waals surface area contributed by atoms with Crippen LogP contribution in [0, 0.1) is 23.7 Å². The number of ether oxygens (including phenoxy) is 7. The maximum Gasteiger partial charge on any atom is 0.341 e. The van der Waals surface area contributed by atoms with Crippen molar-refractivity contribution in [2.24, 2.45) is 5.73 Å². The molecule has 4 heterocycles. The van der Waals surface area contributed by atoms with Crippen molar-refractivity contribution in [2.45, 2.75) is 74.3 Å². The predicted molar refractivity (Wildman–Crippen MR) is 214 cm³/mol. The summed E-state index contributed by atoms with van der Waals surface area (Å²) in [5.74, 6) is 8.83. The van der Waals surface area contributed by atoms with Crippen molar-refractivity contribution in [1.82, 2.24) is 4.90 Å². The molecular weight excluding hydrogens is 802 g/mol. The maximum atomic E-state index is 14.1. The number of allylic oxidation sites excluding steroid dienone is 3. The molecule has 4 aliphatic heterocycles. The van der Waals surface area contributed by atoms with Gasteiger partial charge in [0, 0.05) is 23.8 Å². The second-order valence-corrected chi connectivity index (χ2v) is 15.6. The molecule has 314 valence electrons. The average Bonchev–Trinajstić information content (AvgIpc) is 3.60. The van der Waals surface area contributed by atoms with Crippen LogP contribution in [0.25, 0.3) is 0 Å². The van der Waals surface area contributed by atoms with E-state index in [1.54, 1.807) is 51.1 Å². The van der Waals surface area contributed by atoms with E-state index in [1.807, 2.05) is 0 Å². The van der Waals surface area contributed by atoms with E-state index < -0.39 is 84.2 Å². The van der Waals surface area contributed by atoms with E-state index in [4.69, 9.17) is 50.5 Å². The zero-order valence-electron chi connectivity index (χ0n) is 33.1. The summed E-state index contributed by atoms with van der Waals surface area (Å²) in [7, 11) is 4.87. The minimum Gasteiger partial charge on any atom is -0.504 e. The van der Waals surface area contributed by atoms with E-state index >= 15 is 0 Å². The number of esters is 2. The molecule has 1 amide bonds. The fourth-order valence-electron chi connectivity index (χ4n) is 7.61. The number of halogens is 1. The number of amides is 1. The van der Waals surface area contributed by atoms with Gasteiger partial charge in [-0.15, -0.1) is 0 Å². The highest BCUT2D eigenvalue weighted by Gasteiger charge is 2.55. The van der Waals surface area contributed by atoms with Gasteiger partial charge in [-0.3, -0.25) is 9.59 Å². The highest BCUT2D eigenvalue weighted by molar-refractivity contribution is 6.32. The van der Waals surface area contributed by atoms with Gasteiger partial charge in [0.2, 0.25) is 0 Å². The first-order valence-corrected chi connectivity index (χ1v) is 19.0. The number of aliphatic hydroxyl groups excluding tert-OH is 2. The molecule has 2 aromatic carbocycles. The van der Waals surface area contributed by atoms with Gasteiger partial charge in [0.05, 0.1) is 47.0 Å². The maximum absolute atomic E-state index is 14.1. The van der Waals surface area contributed by atoms with Gasteiger partial charge in [-0.05, 0) is 69.8 Å². The Hall–Kier alpha value is -5.82. The molecule has 0 saturated carbocycles. The molecule has 4 bridgehead atoms. The molecule has 6 N–H and O–H groups in total. The Morgan fingerprint density at radius 2 is 1.90 bits per heavy atom. The average molecular weight is 844 g/mol. The molecule has 2 aliphatic carbocycles. The number of likely N-dealkylation sites (N-methyl/N-ethyl adjacent to an activating group) is 1. The van der Waals surface area contributed by atoms with Crippen molar-refractivity contribution in [3.8, 4) is 46.7 Å². The quantitative estimate of drug-likeness (QED) is 0.161. The third kappa shape index (κ3) is 7.94. The number of methoxy groups -OCH3 is 1. The Morgan fingerprint density at radius 1 is 1.13 bits per heavy atom. The standard InChI is InChI=1S/C43H42ClN3O13/c1-21-39(52)46-34-26(17-25(54-6)18-30(34)56-21)40(53)57-31-20-55-33(49)19-28(45)23-15-27(44)37(29(48)16-23)58-32-11-7-9-22(31)12-13-24-10-8-14-43(24,32)60-41-36(51)35(50)38(47(4)5)42(2,3)59-41/h8-10,14-18,28,31-32,35-36,38,41,48,50-51H,1,19-20,45H2,2-6H3,(H,46,52)/b22-9+/t28-,31-,32+,35?,36?,38-,41-,43+/m0/s1. The number of carbonyl (C=O) groups excluding carboxylic acids is 3. The van der Waals surface area contributed by atoms with Gasteiger partial charge in [-0.1, -0.05) is 42.0 Å². The van der Waals surface area contributed by atoms with E-state index in [9.17, 15) is 29.7 Å². The van der Waals surface area contributed by atoms with Crippen LogP contribution in [-0.4, -0.2) is 114 Å². The van der Waals surface area contributed by atoms with Gasteiger partial charge >= 0.3 is 11.9 Å². The molecule has 2 aromatic rings. The van der Waals surface area contributed by atoms with Crippen LogP contribution in [-0.2, 0) is 28.5 Å². The van der Waals surface area contributed by atoms with E-state index in [-0.39, 0.29) is 62.4 Å². The molecule has 2 unspecified atom stereocenters. The lowest BCUT2D eigenvalue weighted by Crippen LogP contribution is -2.68. The van der Waals surface area contributed by atoms with Gasteiger partial charge in [0.15, 0.2) is 47.1 Å². The fraction of sp³-hybridized carbons (Fsp3) is 0.372. The van der Waals surface area contributed by atoms with Crippen LogP contribution < -0.4 is 25.3 Å². The second-order valence-electron chi connectivity index (χ2n) is 15.2. The number of nitrogens with zero attached hydrogens (tertiary/aromatic N) is 1. The number of phenolic OH excluding ortho intramolecular Hbond substituents is 1. The molecule has 0 radical (unpaired) electrons. The second kappa shape index (κ2) is 16.3. The minimum absolute atomic E-state index is 0.0160. The molecular formula is C43H42ClN3O13.